The van der Waals surface area contributed by atoms with Gasteiger partial charge in [-0.1, -0.05) is 45.0 Å². The molecule has 0 amide bonds. The Bertz CT molecular complexity index is 1600. The van der Waals surface area contributed by atoms with Crippen molar-refractivity contribution in [3.05, 3.63) is 66.8 Å². The Kier molecular flexibility index (Phi) is 4.15. The first-order valence-corrected chi connectivity index (χ1v) is 11.0. The maximum absolute atomic E-state index is 4.68. The van der Waals surface area contributed by atoms with Crippen molar-refractivity contribution in [2.75, 3.05) is 0 Å². The topological polar surface area (TPSA) is 86.0 Å². The number of hydrogen-bond acceptors (Lipinski definition) is 3. The van der Waals surface area contributed by atoms with Gasteiger partial charge in [0.1, 0.15) is 11.6 Å². The Labute approximate surface area is 185 Å². The number of nitrogens with zero attached hydrogens (tertiary/aromatic N) is 3. The minimum Gasteiger partial charge on any atom is -0.344 e. The Morgan fingerprint density at radius 1 is 0.781 bits per heavy atom. The molecule has 6 nitrogen and oxygen atoms in total. The largest absolute Gasteiger partial charge is 0.344 e. The lowest BCUT2D eigenvalue weighted by molar-refractivity contribution is 0.795. The number of nitrogens with one attached hydrogen (secondary N) is 3. The Hall–Kier alpha value is -3.93. The van der Waals surface area contributed by atoms with E-state index < -0.39 is 0 Å². The summed E-state index contributed by atoms with van der Waals surface area (Å²) in [5.74, 6) is 2.36. The molecule has 0 aliphatic rings. The summed E-state index contributed by atoms with van der Waals surface area (Å²) in [5, 5.41) is 4.69. The lowest BCUT2D eigenvalue weighted by Gasteiger charge is -2.10. The fourth-order valence-electron chi connectivity index (χ4n) is 4.47. The van der Waals surface area contributed by atoms with E-state index in [9.17, 15) is 0 Å². The molecule has 6 rings (SSSR count). The highest BCUT2D eigenvalue weighted by atomic mass is 14.9. The molecule has 6 aromatic rings. The quantitative estimate of drug-likeness (QED) is 0.291. The molecule has 158 valence electrons. The summed E-state index contributed by atoms with van der Waals surface area (Å²) in [6.45, 7) is 6.39. The van der Waals surface area contributed by atoms with E-state index >= 15 is 0 Å². The minimum atomic E-state index is 0.365. The number of aryl methyl sites for hydroxylation is 1. The highest BCUT2D eigenvalue weighted by molar-refractivity contribution is 6.24. The standard InChI is InChI=1S/C26H24N6/c1-4-23-27-11-21(31-23)15-5-7-17-18-8-6-16(22-12-28-26(32-22)14(2)3)10-20(18)25-24(19(17)9-15)29-13-30-25/h5-14H,4H2,1-3H3,(H,27,31)(H,28,32)(H,29,30). The van der Waals surface area contributed by atoms with Crippen LogP contribution in [0.15, 0.2) is 55.1 Å². The van der Waals surface area contributed by atoms with Gasteiger partial charge in [-0.15, -0.1) is 0 Å². The summed E-state index contributed by atoms with van der Waals surface area (Å²) < 4.78 is 0. The second-order valence-corrected chi connectivity index (χ2v) is 8.58. The fraction of sp³-hybridized carbons (Fsp3) is 0.192. The zero-order chi connectivity index (χ0) is 21.8. The molecule has 0 spiro atoms. The molecule has 3 aromatic carbocycles. The van der Waals surface area contributed by atoms with Crippen molar-refractivity contribution in [2.45, 2.75) is 33.1 Å². The first-order chi connectivity index (χ1) is 15.6. The van der Waals surface area contributed by atoms with E-state index in [0.29, 0.717) is 5.92 Å². The number of aromatic amines is 3. The number of aromatic nitrogens is 6. The van der Waals surface area contributed by atoms with Gasteiger partial charge >= 0.3 is 0 Å². The Balaban J connectivity index is 1.57. The van der Waals surface area contributed by atoms with Crippen molar-refractivity contribution in [3.63, 3.8) is 0 Å². The molecule has 0 fully saturated rings. The van der Waals surface area contributed by atoms with Gasteiger partial charge in [-0.3, -0.25) is 0 Å². The molecular weight excluding hydrogens is 396 g/mol. The first kappa shape index (κ1) is 18.8. The molecule has 0 radical (unpaired) electrons. The van der Waals surface area contributed by atoms with Gasteiger partial charge in [-0.05, 0) is 22.9 Å². The van der Waals surface area contributed by atoms with E-state index in [1.807, 2.05) is 12.4 Å². The lowest BCUT2D eigenvalue weighted by atomic mass is 9.96. The van der Waals surface area contributed by atoms with Gasteiger partial charge in [0.25, 0.3) is 0 Å². The third-order valence-electron chi connectivity index (χ3n) is 6.22. The van der Waals surface area contributed by atoms with E-state index in [0.717, 1.165) is 62.4 Å². The summed E-state index contributed by atoms with van der Waals surface area (Å²) in [5.41, 5.74) is 6.33. The third-order valence-corrected chi connectivity index (χ3v) is 6.22. The van der Waals surface area contributed by atoms with Crippen molar-refractivity contribution in [3.8, 4) is 22.5 Å². The SMILES string of the molecule is CCc1ncc(-c2ccc3c4ccc(-c5cnc(C(C)C)[nH]5)cc4c4nc[nH]c4c3c2)[nH]1. The second-order valence-electron chi connectivity index (χ2n) is 8.58. The van der Waals surface area contributed by atoms with Crippen LogP contribution in [0.5, 0.6) is 0 Å². The smallest absolute Gasteiger partial charge is 0.109 e. The van der Waals surface area contributed by atoms with Crippen LogP contribution in [-0.4, -0.2) is 29.9 Å². The van der Waals surface area contributed by atoms with Gasteiger partial charge in [-0.25, -0.2) is 15.0 Å². The summed E-state index contributed by atoms with van der Waals surface area (Å²) in [4.78, 5) is 23.9. The number of benzene rings is 3. The van der Waals surface area contributed by atoms with Crippen molar-refractivity contribution >= 4 is 32.6 Å². The van der Waals surface area contributed by atoms with E-state index in [4.69, 9.17) is 0 Å². The van der Waals surface area contributed by atoms with Crippen LogP contribution >= 0.6 is 0 Å². The number of fused-ring (bicyclic) bond motifs is 6. The molecule has 0 aliphatic carbocycles. The maximum Gasteiger partial charge on any atom is 0.109 e. The van der Waals surface area contributed by atoms with Crippen LogP contribution < -0.4 is 0 Å². The molecule has 3 N–H and O–H groups in total. The van der Waals surface area contributed by atoms with Gasteiger partial charge in [0.15, 0.2) is 0 Å². The average Bonchev–Trinajstić information content (AvgIpc) is 3.59. The van der Waals surface area contributed by atoms with Crippen LogP contribution in [0.4, 0.5) is 0 Å². The van der Waals surface area contributed by atoms with Crippen LogP contribution in [-0.2, 0) is 6.42 Å². The number of hydrogen-bond donors (Lipinski definition) is 3. The van der Waals surface area contributed by atoms with Crippen molar-refractivity contribution < 1.29 is 0 Å². The zero-order valence-corrected chi connectivity index (χ0v) is 18.3. The number of H-pyrrole nitrogens is 3. The Morgan fingerprint density at radius 2 is 1.47 bits per heavy atom. The summed E-state index contributed by atoms with van der Waals surface area (Å²) in [6, 6.07) is 13.2. The first-order valence-electron chi connectivity index (χ1n) is 11.0. The van der Waals surface area contributed by atoms with Gasteiger partial charge in [0.05, 0.1) is 41.1 Å². The average molecular weight is 421 g/mol. The molecule has 0 saturated heterocycles. The second kappa shape index (κ2) is 7.05. The van der Waals surface area contributed by atoms with Crippen LogP contribution in [0.3, 0.4) is 0 Å². The van der Waals surface area contributed by atoms with Crippen molar-refractivity contribution in [2.24, 2.45) is 0 Å². The maximum atomic E-state index is 4.68. The molecule has 0 aliphatic heterocycles. The van der Waals surface area contributed by atoms with E-state index in [-0.39, 0.29) is 0 Å². The van der Waals surface area contributed by atoms with E-state index in [2.05, 4.69) is 87.1 Å². The summed E-state index contributed by atoms with van der Waals surface area (Å²) in [7, 11) is 0. The summed E-state index contributed by atoms with van der Waals surface area (Å²) >= 11 is 0. The lowest BCUT2D eigenvalue weighted by Crippen LogP contribution is -1.89. The number of rotatable bonds is 4. The monoisotopic (exact) mass is 420 g/mol. The fourth-order valence-corrected chi connectivity index (χ4v) is 4.47. The third kappa shape index (κ3) is 2.83. The van der Waals surface area contributed by atoms with E-state index in [1.54, 1.807) is 6.33 Å². The molecular formula is C26H24N6. The molecule has 3 heterocycles. The predicted octanol–water partition coefficient (Wildman–Crippen LogP) is 6.34. The molecule has 32 heavy (non-hydrogen) atoms. The summed E-state index contributed by atoms with van der Waals surface area (Å²) in [6.07, 6.45) is 6.50. The minimum absolute atomic E-state index is 0.365. The van der Waals surface area contributed by atoms with Gasteiger partial charge in [-0.2, -0.15) is 0 Å². The van der Waals surface area contributed by atoms with Gasteiger partial charge in [0, 0.05) is 34.2 Å². The molecule has 0 atom stereocenters. The van der Waals surface area contributed by atoms with Crippen molar-refractivity contribution in [1.29, 1.82) is 0 Å². The number of imidazole rings is 3. The molecule has 6 heteroatoms. The molecule has 0 saturated carbocycles. The van der Waals surface area contributed by atoms with Crippen LogP contribution in [0.1, 0.15) is 38.3 Å². The zero-order valence-electron chi connectivity index (χ0n) is 18.3. The molecule has 3 aromatic heterocycles. The van der Waals surface area contributed by atoms with Crippen LogP contribution in [0, 0.1) is 0 Å². The molecule has 0 bridgehead atoms. The van der Waals surface area contributed by atoms with Gasteiger partial charge < -0.3 is 15.0 Å². The van der Waals surface area contributed by atoms with Crippen LogP contribution in [0.2, 0.25) is 0 Å². The van der Waals surface area contributed by atoms with E-state index in [1.165, 1.54) is 10.8 Å². The highest BCUT2D eigenvalue weighted by Gasteiger charge is 2.14. The van der Waals surface area contributed by atoms with Crippen LogP contribution in [0.25, 0.3) is 55.1 Å². The normalized spacial score (nSPS) is 12.0. The highest BCUT2D eigenvalue weighted by Crippen LogP contribution is 2.37. The Morgan fingerprint density at radius 3 is 2.16 bits per heavy atom. The van der Waals surface area contributed by atoms with Crippen molar-refractivity contribution in [1.82, 2.24) is 29.9 Å². The molecule has 0 unspecified atom stereocenters. The van der Waals surface area contributed by atoms with Gasteiger partial charge in [0.2, 0.25) is 0 Å². The predicted molar refractivity (Wildman–Crippen MR) is 130 cm³/mol.